The molecule has 5 aromatic rings. The van der Waals surface area contributed by atoms with Gasteiger partial charge >= 0.3 is 0 Å². The lowest BCUT2D eigenvalue weighted by Gasteiger charge is -2.05. The second kappa shape index (κ2) is 7.06. The van der Waals surface area contributed by atoms with E-state index in [4.69, 9.17) is 5.10 Å². The van der Waals surface area contributed by atoms with Crippen molar-refractivity contribution in [1.29, 1.82) is 0 Å². The van der Waals surface area contributed by atoms with E-state index in [1.165, 1.54) is 28.5 Å². The fourth-order valence-corrected chi connectivity index (χ4v) is 3.79. The highest BCUT2D eigenvalue weighted by Gasteiger charge is 2.18. The Morgan fingerprint density at radius 1 is 1.20 bits per heavy atom. The minimum atomic E-state index is -0.302. The Hall–Kier alpha value is -3.53. The lowest BCUT2D eigenvalue weighted by Crippen LogP contribution is -2.20. The molecule has 150 valence electrons. The maximum absolute atomic E-state index is 13.4. The average Bonchev–Trinajstić information content (AvgIpc) is 3.39. The first-order valence-corrected chi connectivity index (χ1v) is 10.5. The van der Waals surface area contributed by atoms with Crippen LogP contribution in [0.4, 0.5) is 4.39 Å². The summed E-state index contributed by atoms with van der Waals surface area (Å²) < 4.78 is 16.5. The fraction of sp³-hybridized carbons (Fsp3) is 0.150. The molecule has 0 saturated carbocycles. The molecule has 0 atom stereocenters. The zero-order chi connectivity index (χ0) is 20.8. The standard InChI is InChI=1S/C20H16FN7OS/c1-3-14-16(11-4-6-12(21)7-5-11)17-22-10-13-15(28(17)26-14)8-9-27(18(13)29)19-23-20(30-2)25-24-19/h4-10H,3H2,1-2H3,(H,23,24,25). The number of aryl methyl sites for hydroxylation is 1. The molecule has 1 aromatic carbocycles. The van der Waals surface area contributed by atoms with Crippen LogP contribution in [0, 0.1) is 5.82 Å². The lowest BCUT2D eigenvalue weighted by atomic mass is 10.0. The van der Waals surface area contributed by atoms with Crippen LogP contribution in [0.2, 0.25) is 0 Å². The molecule has 1 N–H and O–H groups in total. The summed E-state index contributed by atoms with van der Waals surface area (Å²) in [5.74, 6) is 0.0392. The van der Waals surface area contributed by atoms with Gasteiger partial charge in [0.2, 0.25) is 11.1 Å². The highest BCUT2D eigenvalue weighted by Crippen LogP contribution is 2.29. The van der Waals surface area contributed by atoms with Crippen LogP contribution in [-0.2, 0) is 6.42 Å². The van der Waals surface area contributed by atoms with Crippen molar-refractivity contribution in [1.82, 2.24) is 34.3 Å². The molecule has 30 heavy (non-hydrogen) atoms. The monoisotopic (exact) mass is 421 g/mol. The first-order valence-electron chi connectivity index (χ1n) is 9.25. The number of H-pyrrole nitrogens is 1. The Bertz CT molecular complexity index is 1450. The quantitative estimate of drug-likeness (QED) is 0.448. The third-order valence-electron chi connectivity index (χ3n) is 4.92. The van der Waals surface area contributed by atoms with Crippen LogP contribution in [0.15, 0.2) is 52.7 Å². The number of pyridine rings is 1. The summed E-state index contributed by atoms with van der Waals surface area (Å²) >= 11 is 1.38. The van der Waals surface area contributed by atoms with Gasteiger partial charge in [0.15, 0.2) is 5.65 Å². The van der Waals surface area contributed by atoms with Crippen LogP contribution in [-0.4, -0.2) is 40.6 Å². The molecule has 0 saturated heterocycles. The van der Waals surface area contributed by atoms with Crippen molar-refractivity contribution in [2.24, 2.45) is 0 Å². The molecule has 0 amide bonds. The van der Waals surface area contributed by atoms with Crippen LogP contribution >= 0.6 is 11.8 Å². The van der Waals surface area contributed by atoms with Crippen molar-refractivity contribution in [3.05, 3.63) is 64.6 Å². The molecule has 5 rings (SSSR count). The van der Waals surface area contributed by atoms with Gasteiger partial charge in [0.05, 0.1) is 16.6 Å². The smallest absolute Gasteiger partial charge is 0.268 e. The van der Waals surface area contributed by atoms with Gasteiger partial charge in [-0.2, -0.15) is 10.1 Å². The highest BCUT2D eigenvalue weighted by molar-refractivity contribution is 7.98. The average molecular weight is 421 g/mol. The summed E-state index contributed by atoms with van der Waals surface area (Å²) in [6, 6.07) is 8.05. The third kappa shape index (κ3) is 2.79. The number of nitrogens with zero attached hydrogens (tertiary/aromatic N) is 6. The van der Waals surface area contributed by atoms with Crippen molar-refractivity contribution >= 4 is 28.3 Å². The predicted octanol–water partition coefficient (Wildman–Crippen LogP) is 3.24. The van der Waals surface area contributed by atoms with Gasteiger partial charge in [-0.3, -0.25) is 9.36 Å². The van der Waals surface area contributed by atoms with E-state index in [0.717, 1.165) is 16.8 Å². The Balaban J connectivity index is 1.75. The van der Waals surface area contributed by atoms with Gasteiger partial charge in [-0.15, -0.1) is 5.10 Å². The first kappa shape index (κ1) is 18.5. The van der Waals surface area contributed by atoms with Gasteiger partial charge in [-0.05, 0) is 36.4 Å². The Kier molecular flexibility index (Phi) is 4.35. The van der Waals surface area contributed by atoms with E-state index in [1.807, 2.05) is 13.2 Å². The van der Waals surface area contributed by atoms with Crippen molar-refractivity contribution < 1.29 is 4.39 Å². The molecule has 0 radical (unpaired) electrons. The molecule has 0 bridgehead atoms. The van der Waals surface area contributed by atoms with Crippen LogP contribution in [0.25, 0.3) is 33.6 Å². The normalized spacial score (nSPS) is 11.6. The highest BCUT2D eigenvalue weighted by atomic mass is 32.2. The number of aromatic nitrogens is 7. The van der Waals surface area contributed by atoms with E-state index >= 15 is 0 Å². The van der Waals surface area contributed by atoms with E-state index < -0.39 is 0 Å². The number of benzene rings is 1. The lowest BCUT2D eigenvalue weighted by molar-refractivity contribution is 0.628. The number of fused-ring (bicyclic) bond motifs is 3. The zero-order valence-corrected chi connectivity index (χ0v) is 16.9. The largest absolute Gasteiger partial charge is 0.268 e. The van der Waals surface area contributed by atoms with E-state index in [2.05, 4.69) is 20.2 Å². The molecule has 8 nitrogen and oxygen atoms in total. The molecule has 4 aromatic heterocycles. The molecule has 4 heterocycles. The van der Waals surface area contributed by atoms with E-state index in [0.29, 0.717) is 34.1 Å². The second-order valence-corrected chi connectivity index (χ2v) is 7.38. The van der Waals surface area contributed by atoms with Crippen molar-refractivity contribution in [2.75, 3.05) is 6.26 Å². The zero-order valence-electron chi connectivity index (χ0n) is 16.1. The van der Waals surface area contributed by atoms with Crippen molar-refractivity contribution in [3.8, 4) is 17.1 Å². The Morgan fingerprint density at radius 2 is 2.00 bits per heavy atom. The molecule has 10 heteroatoms. The molecule has 0 aliphatic rings. The molecule has 0 fully saturated rings. The first-order chi connectivity index (χ1) is 14.6. The number of rotatable bonds is 4. The molecule has 0 aliphatic heterocycles. The molecular weight excluding hydrogens is 405 g/mol. The van der Waals surface area contributed by atoms with Crippen LogP contribution in [0.5, 0.6) is 0 Å². The summed E-state index contributed by atoms with van der Waals surface area (Å²) in [6.07, 6.45) is 5.71. The fourth-order valence-electron chi connectivity index (χ4n) is 3.48. The molecule has 0 spiro atoms. The number of nitrogens with one attached hydrogen (secondary N) is 1. The predicted molar refractivity (Wildman–Crippen MR) is 113 cm³/mol. The van der Waals surface area contributed by atoms with Gasteiger partial charge in [-0.1, -0.05) is 30.8 Å². The van der Waals surface area contributed by atoms with Gasteiger partial charge in [0.1, 0.15) is 5.82 Å². The maximum atomic E-state index is 13.4. The van der Waals surface area contributed by atoms with Crippen LogP contribution in [0.3, 0.4) is 0 Å². The van der Waals surface area contributed by atoms with E-state index in [9.17, 15) is 9.18 Å². The Morgan fingerprint density at radius 3 is 2.70 bits per heavy atom. The minimum Gasteiger partial charge on any atom is -0.268 e. The van der Waals surface area contributed by atoms with Crippen LogP contribution in [0.1, 0.15) is 12.6 Å². The maximum Gasteiger partial charge on any atom is 0.268 e. The number of thioether (sulfide) groups is 1. The summed E-state index contributed by atoms with van der Waals surface area (Å²) in [7, 11) is 0. The molecular formula is C20H16FN7OS. The van der Waals surface area contributed by atoms with Crippen molar-refractivity contribution in [3.63, 3.8) is 0 Å². The van der Waals surface area contributed by atoms with Gasteiger partial charge < -0.3 is 0 Å². The SMILES string of the molecule is CCc1nn2c(ncc3c(=O)n(-c4nc(SC)n[nH]4)ccc32)c1-c1ccc(F)cc1. The molecule has 0 unspecified atom stereocenters. The topological polar surface area (TPSA) is 93.8 Å². The van der Waals surface area contributed by atoms with E-state index in [-0.39, 0.29) is 11.4 Å². The summed E-state index contributed by atoms with van der Waals surface area (Å²) in [6.45, 7) is 2.00. The van der Waals surface area contributed by atoms with Gasteiger partial charge in [-0.25, -0.2) is 19.0 Å². The Labute approximate surface area is 173 Å². The summed E-state index contributed by atoms with van der Waals surface area (Å²) in [4.78, 5) is 21.9. The molecule has 0 aliphatic carbocycles. The summed E-state index contributed by atoms with van der Waals surface area (Å²) in [5.41, 5.74) is 3.47. The minimum absolute atomic E-state index is 0.275. The number of hydrogen-bond donors (Lipinski definition) is 1. The van der Waals surface area contributed by atoms with Crippen LogP contribution < -0.4 is 5.56 Å². The second-order valence-electron chi connectivity index (χ2n) is 6.61. The summed E-state index contributed by atoms with van der Waals surface area (Å²) in [5, 5.41) is 12.5. The number of hydrogen-bond acceptors (Lipinski definition) is 6. The van der Waals surface area contributed by atoms with Crippen molar-refractivity contribution in [2.45, 2.75) is 18.5 Å². The van der Waals surface area contributed by atoms with Gasteiger partial charge in [0.25, 0.3) is 5.56 Å². The number of halogens is 1. The van der Waals surface area contributed by atoms with Gasteiger partial charge in [0, 0.05) is 18.0 Å². The van der Waals surface area contributed by atoms with E-state index in [1.54, 1.807) is 35.1 Å². The third-order valence-corrected chi connectivity index (χ3v) is 5.46. The number of aromatic amines is 1.